The number of aliphatic hydroxyl groups excluding tert-OH is 3. The number of carbonyl (C=O) groups excluding carboxylic acids is 1. The Morgan fingerprint density at radius 2 is 1.38 bits per heavy atom. The third-order valence-electron chi connectivity index (χ3n) is 15.7. The molecular formula is C57H86O7. The Morgan fingerprint density at radius 3 is 1.98 bits per heavy atom. The maximum Gasteiger partial charge on any atom is 0.306 e. The topological polar surface area (TPSA) is 105 Å². The molecule has 3 N–H and O–H groups in total. The van der Waals surface area contributed by atoms with Gasteiger partial charge in [-0.1, -0.05) is 157 Å². The van der Waals surface area contributed by atoms with Crippen LogP contribution in [0.3, 0.4) is 0 Å². The summed E-state index contributed by atoms with van der Waals surface area (Å²) in [5.74, 6) is 3.37. The Labute approximate surface area is 388 Å². The fourth-order valence-corrected chi connectivity index (χ4v) is 11.7. The summed E-state index contributed by atoms with van der Waals surface area (Å²) < 4.78 is 17.9. The van der Waals surface area contributed by atoms with Crippen LogP contribution in [0, 0.1) is 46.3 Å². The SMILES string of the molecule is CC/C=C\C/C=C\C/C=C\C/C=C\C/C=C\C/C=C\CCC(=O)OC[C@H]1OC(OC2CCC3(C)C(=CC=C4C3CCC3(C)C4CCC3C(C)/C=C/C(CC)C(C)C)C2)[C@H](O)[C@@H](O)[C@@H]1O. The number of allylic oxidation sites excluding steroid dienone is 17. The van der Waals surface area contributed by atoms with Crippen molar-refractivity contribution in [2.24, 2.45) is 46.3 Å². The van der Waals surface area contributed by atoms with Crippen LogP contribution in [0.2, 0.25) is 0 Å². The van der Waals surface area contributed by atoms with E-state index in [9.17, 15) is 20.1 Å². The smallest absolute Gasteiger partial charge is 0.306 e. The number of esters is 1. The highest BCUT2D eigenvalue weighted by atomic mass is 16.7. The molecular weight excluding hydrogens is 797 g/mol. The molecule has 0 bridgehead atoms. The molecule has 3 saturated carbocycles. The molecule has 9 unspecified atom stereocenters. The summed E-state index contributed by atoms with van der Waals surface area (Å²) >= 11 is 0. The average molecular weight is 883 g/mol. The molecule has 1 aliphatic heterocycles. The van der Waals surface area contributed by atoms with Gasteiger partial charge >= 0.3 is 5.97 Å². The quantitative estimate of drug-likeness (QED) is 0.0693. The number of fused-ring (bicyclic) bond motifs is 5. The standard InChI is InChI=1S/C57H86O7/c1-8-10-11-12-13-14-15-16-17-18-19-20-21-22-23-24-25-26-27-28-51(58)62-40-50-52(59)53(60)54(61)55(64-50)63-45-35-37-56(6)44(39-45)31-32-46-48-34-33-47(57(48,7)38-36-49(46)56)42(5)29-30-43(9-2)41(3)4/h10-11,13-14,16-17,19-20,22-23,25-26,29-32,41-43,45,47-50,52-55,59-61H,8-9,12,15,18,21,24,27-28,33-40H2,1-7H3/b11-10-,14-13-,17-16-,20-19-,23-22-,26-25-,30-29+/t42?,43?,45?,47?,48?,49?,50-,52-,53+,54-,55?,56?,57?/m1/s1. The molecule has 0 radical (unpaired) electrons. The fourth-order valence-electron chi connectivity index (χ4n) is 11.7. The minimum atomic E-state index is -1.48. The highest BCUT2D eigenvalue weighted by Crippen LogP contribution is 2.66. The molecule has 13 atom stereocenters. The van der Waals surface area contributed by atoms with Crippen LogP contribution in [0.5, 0.6) is 0 Å². The number of carbonyl (C=O) groups is 1. The first-order chi connectivity index (χ1) is 30.8. The zero-order valence-corrected chi connectivity index (χ0v) is 40.7. The minimum Gasteiger partial charge on any atom is -0.463 e. The predicted molar refractivity (Wildman–Crippen MR) is 262 cm³/mol. The molecule has 1 heterocycles. The number of hydrogen-bond donors (Lipinski definition) is 3. The molecule has 1 saturated heterocycles. The maximum atomic E-state index is 12.6. The normalized spacial score (nSPS) is 34.4. The second-order valence-corrected chi connectivity index (χ2v) is 20.3. The van der Waals surface area contributed by atoms with Crippen molar-refractivity contribution >= 4 is 5.97 Å². The summed E-state index contributed by atoms with van der Waals surface area (Å²) in [6.45, 7) is 16.4. The van der Waals surface area contributed by atoms with Crippen LogP contribution in [0.4, 0.5) is 0 Å². The molecule has 0 aromatic rings. The molecule has 356 valence electrons. The van der Waals surface area contributed by atoms with Crippen LogP contribution in [0.15, 0.2) is 108 Å². The molecule has 0 spiro atoms. The van der Waals surface area contributed by atoms with E-state index in [-0.39, 0.29) is 24.5 Å². The Hall–Kier alpha value is -3.07. The van der Waals surface area contributed by atoms with E-state index in [1.54, 1.807) is 5.57 Å². The van der Waals surface area contributed by atoms with E-state index in [0.29, 0.717) is 47.3 Å². The number of aliphatic hydroxyl groups is 3. The van der Waals surface area contributed by atoms with Crippen LogP contribution in [0.1, 0.15) is 151 Å². The first kappa shape index (κ1) is 51.9. The van der Waals surface area contributed by atoms with Crippen molar-refractivity contribution < 1.29 is 34.3 Å². The van der Waals surface area contributed by atoms with Crippen LogP contribution in [-0.2, 0) is 19.0 Å². The van der Waals surface area contributed by atoms with Gasteiger partial charge in [0.15, 0.2) is 6.29 Å². The van der Waals surface area contributed by atoms with Gasteiger partial charge in [-0.05, 0) is 143 Å². The Balaban J connectivity index is 1.03. The number of hydrogen-bond acceptors (Lipinski definition) is 7. The van der Waals surface area contributed by atoms with Crippen molar-refractivity contribution in [1.29, 1.82) is 0 Å². The lowest BCUT2D eigenvalue weighted by Gasteiger charge is -2.55. The molecule has 64 heavy (non-hydrogen) atoms. The average Bonchev–Trinajstić information content (AvgIpc) is 3.64. The highest BCUT2D eigenvalue weighted by Gasteiger charge is 2.57. The van der Waals surface area contributed by atoms with Crippen LogP contribution in [0.25, 0.3) is 0 Å². The molecule has 0 amide bonds. The molecule has 7 heteroatoms. The predicted octanol–water partition coefficient (Wildman–Crippen LogP) is 12.6. The van der Waals surface area contributed by atoms with E-state index in [1.807, 2.05) is 12.2 Å². The van der Waals surface area contributed by atoms with Gasteiger partial charge in [0.2, 0.25) is 0 Å². The minimum absolute atomic E-state index is 0.0732. The van der Waals surface area contributed by atoms with Gasteiger partial charge in [-0.15, -0.1) is 0 Å². The monoisotopic (exact) mass is 883 g/mol. The molecule has 0 aromatic heterocycles. The van der Waals surface area contributed by atoms with Gasteiger partial charge in [0.05, 0.1) is 6.10 Å². The van der Waals surface area contributed by atoms with Crippen LogP contribution >= 0.6 is 0 Å². The summed E-state index contributed by atoms with van der Waals surface area (Å²) in [7, 11) is 0. The number of rotatable bonds is 23. The highest BCUT2D eigenvalue weighted by molar-refractivity contribution is 5.69. The summed E-state index contributed by atoms with van der Waals surface area (Å²) in [4.78, 5) is 12.6. The van der Waals surface area contributed by atoms with E-state index in [2.05, 4.69) is 134 Å². The zero-order chi connectivity index (χ0) is 46.1. The molecule has 0 aromatic carbocycles. The zero-order valence-electron chi connectivity index (χ0n) is 40.7. The van der Waals surface area contributed by atoms with Gasteiger partial charge in [0.25, 0.3) is 0 Å². The molecule has 4 fully saturated rings. The number of ether oxygens (including phenoxy) is 3. The Kier molecular flexibility index (Phi) is 20.9. The van der Waals surface area contributed by atoms with Crippen LogP contribution < -0.4 is 0 Å². The molecule has 4 aliphatic carbocycles. The summed E-state index contributed by atoms with van der Waals surface area (Å²) in [6.07, 6.45) is 44.2. The Morgan fingerprint density at radius 1 is 0.750 bits per heavy atom. The third-order valence-corrected chi connectivity index (χ3v) is 15.7. The largest absolute Gasteiger partial charge is 0.463 e. The molecule has 5 aliphatic rings. The second kappa shape index (κ2) is 25.7. The summed E-state index contributed by atoms with van der Waals surface area (Å²) in [6, 6.07) is 0. The first-order valence-corrected chi connectivity index (χ1v) is 25.3. The van der Waals surface area contributed by atoms with Gasteiger partial charge in [-0.25, -0.2) is 0 Å². The van der Waals surface area contributed by atoms with Crippen molar-refractivity contribution in [3.63, 3.8) is 0 Å². The molecule has 5 rings (SSSR count). The van der Waals surface area contributed by atoms with E-state index in [4.69, 9.17) is 14.2 Å². The first-order valence-electron chi connectivity index (χ1n) is 25.3. The van der Waals surface area contributed by atoms with E-state index >= 15 is 0 Å². The van der Waals surface area contributed by atoms with Crippen molar-refractivity contribution in [3.05, 3.63) is 108 Å². The lowest BCUT2D eigenvalue weighted by atomic mass is 9.50. The third kappa shape index (κ3) is 13.7. The van der Waals surface area contributed by atoms with Crippen molar-refractivity contribution in [2.75, 3.05) is 6.61 Å². The van der Waals surface area contributed by atoms with E-state index in [1.165, 1.54) is 37.7 Å². The summed E-state index contributed by atoms with van der Waals surface area (Å²) in [5, 5.41) is 32.5. The van der Waals surface area contributed by atoms with Gasteiger partial charge in [-0.3, -0.25) is 4.79 Å². The van der Waals surface area contributed by atoms with Crippen molar-refractivity contribution in [1.82, 2.24) is 0 Å². The second-order valence-electron chi connectivity index (χ2n) is 20.3. The lowest BCUT2D eigenvalue weighted by molar-refractivity contribution is -0.313. The van der Waals surface area contributed by atoms with Crippen molar-refractivity contribution in [2.45, 2.75) is 188 Å². The fraction of sp³-hybridized carbons (Fsp3) is 0.667. The Bertz CT molecular complexity index is 1730. The summed E-state index contributed by atoms with van der Waals surface area (Å²) in [5.41, 5.74) is 3.47. The van der Waals surface area contributed by atoms with Gasteiger partial charge in [0, 0.05) is 6.42 Å². The molecule has 7 nitrogen and oxygen atoms in total. The van der Waals surface area contributed by atoms with E-state index < -0.39 is 36.7 Å². The van der Waals surface area contributed by atoms with Crippen molar-refractivity contribution in [3.8, 4) is 0 Å². The van der Waals surface area contributed by atoms with Gasteiger partial charge in [-0.2, -0.15) is 0 Å². The lowest BCUT2D eigenvalue weighted by Crippen LogP contribution is -2.60. The van der Waals surface area contributed by atoms with Gasteiger partial charge < -0.3 is 29.5 Å². The van der Waals surface area contributed by atoms with E-state index in [0.717, 1.165) is 57.8 Å². The van der Waals surface area contributed by atoms with Crippen LogP contribution in [-0.4, -0.2) is 64.7 Å². The van der Waals surface area contributed by atoms with Gasteiger partial charge in [0.1, 0.15) is 31.0 Å². The maximum absolute atomic E-state index is 12.6.